The highest BCUT2D eigenvalue weighted by molar-refractivity contribution is 4.86. The summed E-state index contributed by atoms with van der Waals surface area (Å²) in [6.07, 6.45) is 9.80. The number of hydrogen-bond donors (Lipinski definition) is 1. The Labute approximate surface area is 119 Å². The lowest BCUT2D eigenvalue weighted by Crippen LogP contribution is -2.42. The highest BCUT2D eigenvalue weighted by Crippen LogP contribution is 2.36. The molecule has 1 heterocycles. The van der Waals surface area contributed by atoms with E-state index in [0.29, 0.717) is 12.1 Å². The van der Waals surface area contributed by atoms with E-state index in [9.17, 15) is 0 Å². The topological polar surface area (TPSA) is 21.3 Å². The van der Waals surface area contributed by atoms with Crippen molar-refractivity contribution in [1.82, 2.24) is 5.32 Å². The van der Waals surface area contributed by atoms with E-state index in [1.54, 1.807) is 0 Å². The third kappa shape index (κ3) is 4.46. The summed E-state index contributed by atoms with van der Waals surface area (Å²) < 4.78 is 5.86. The van der Waals surface area contributed by atoms with Gasteiger partial charge in [0.25, 0.3) is 0 Å². The zero-order valence-electron chi connectivity index (χ0n) is 13.2. The zero-order chi connectivity index (χ0) is 13.7. The van der Waals surface area contributed by atoms with Crippen LogP contribution in [0.5, 0.6) is 0 Å². The van der Waals surface area contributed by atoms with Crippen molar-refractivity contribution < 1.29 is 4.74 Å². The van der Waals surface area contributed by atoms with Crippen molar-refractivity contribution in [3.63, 3.8) is 0 Å². The molecule has 0 aromatic heterocycles. The van der Waals surface area contributed by atoms with Gasteiger partial charge in [0.05, 0.1) is 6.10 Å². The number of hydrogen-bond acceptors (Lipinski definition) is 2. The molecule has 1 aliphatic heterocycles. The Balaban J connectivity index is 1.87. The van der Waals surface area contributed by atoms with Gasteiger partial charge in [-0.2, -0.15) is 0 Å². The largest absolute Gasteiger partial charge is 0.378 e. The Morgan fingerprint density at radius 3 is 2.63 bits per heavy atom. The fourth-order valence-corrected chi connectivity index (χ4v) is 3.84. The van der Waals surface area contributed by atoms with Crippen LogP contribution in [0.4, 0.5) is 0 Å². The molecule has 1 N–H and O–H groups in total. The molecule has 0 radical (unpaired) electrons. The van der Waals surface area contributed by atoms with E-state index >= 15 is 0 Å². The van der Waals surface area contributed by atoms with Gasteiger partial charge in [-0.05, 0) is 62.8 Å². The molecular formula is C17H33NO. The van der Waals surface area contributed by atoms with E-state index in [1.165, 1.54) is 44.9 Å². The fourth-order valence-electron chi connectivity index (χ4n) is 3.84. The van der Waals surface area contributed by atoms with Gasteiger partial charge in [-0.15, -0.1) is 0 Å². The first-order valence-electron chi connectivity index (χ1n) is 8.55. The molecule has 0 aromatic carbocycles. The molecule has 1 saturated carbocycles. The fraction of sp³-hybridized carbons (Fsp3) is 1.00. The Morgan fingerprint density at radius 1 is 1.16 bits per heavy atom. The van der Waals surface area contributed by atoms with Gasteiger partial charge < -0.3 is 10.1 Å². The summed E-state index contributed by atoms with van der Waals surface area (Å²) in [6, 6.07) is 0.693. The first-order chi connectivity index (χ1) is 9.20. The summed E-state index contributed by atoms with van der Waals surface area (Å²) >= 11 is 0. The third-order valence-electron chi connectivity index (χ3n) is 5.41. The Bertz CT molecular complexity index is 250. The van der Waals surface area contributed by atoms with Gasteiger partial charge in [0.2, 0.25) is 0 Å². The molecule has 5 unspecified atom stereocenters. The van der Waals surface area contributed by atoms with Crippen molar-refractivity contribution in [1.29, 1.82) is 0 Å². The van der Waals surface area contributed by atoms with Crippen molar-refractivity contribution in [3.8, 4) is 0 Å². The van der Waals surface area contributed by atoms with Crippen molar-refractivity contribution in [3.05, 3.63) is 0 Å². The van der Waals surface area contributed by atoms with Gasteiger partial charge >= 0.3 is 0 Å². The smallest absolute Gasteiger partial charge is 0.0590 e. The highest BCUT2D eigenvalue weighted by Gasteiger charge is 2.32. The second kappa shape index (κ2) is 7.64. The first-order valence-corrected chi connectivity index (χ1v) is 8.55. The summed E-state index contributed by atoms with van der Waals surface area (Å²) in [7, 11) is 0. The van der Waals surface area contributed by atoms with Gasteiger partial charge in [0, 0.05) is 12.6 Å². The van der Waals surface area contributed by atoms with Gasteiger partial charge in [-0.25, -0.2) is 0 Å². The minimum atomic E-state index is 0.531. The third-order valence-corrected chi connectivity index (χ3v) is 5.41. The summed E-state index contributed by atoms with van der Waals surface area (Å²) in [6.45, 7) is 9.29. The monoisotopic (exact) mass is 267 g/mol. The quantitative estimate of drug-likeness (QED) is 0.785. The highest BCUT2D eigenvalue weighted by atomic mass is 16.5. The average molecular weight is 267 g/mol. The predicted molar refractivity (Wildman–Crippen MR) is 81.3 cm³/mol. The molecule has 2 rings (SSSR count). The number of nitrogens with one attached hydrogen (secondary N) is 1. The summed E-state index contributed by atoms with van der Waals surface area (Å²) in [5.74, 6) is 2.70. The minimum absolute atomic E-state index is 0.531. The minimum Gasteiger partial charge on any atom is -0.378 e. The van der Waals surface area contributed by atoms with Crippen molar-refractivity contribution in [2.24, 2.45) is 17.8 Å². The molecule has 2 heteroatoms. The molecule has 2 fully saturated rings. The molecular weight excluding hydrogens is 234 g/mol. The molecule has 5 atom stereocenters. The van der Waals surface area contributed by atoms with Crippen LogP contribution in [0.2, 0.25) is 0 Å². The molecule has 1 saturated heterocycles. The van der Waals surface area contributed by atoms with Crippen LogP contribution >= 0.6 is 0 Å². The second-order valence-electron chi connectivity index (χ2n) is 6.96. The molecule has 2 nitrogen and oxygen atoms in total. The molecule has 0 aromatic rings. The lowest BCUT2D eigenvalue weighted by molar-refractivity contribution is 0.0751. The van der Waals surface area contributed by atoms with Crippen molar-refractivity contribution in [2.45, 2.75) is 77.9 Å². The molecule has 19 heavy (non-hydrogen) atoms. The molecule has 0 bridgehead atoms. The molecule has 0 spiro atoms. The second-order valence-corrected chi connectivity index (χ2v) is 6.96. The molecule has 112 valence electrons. The standard InChI is InChI=1S/C17H33NO/c1-4-9-18-17(12-16-6-5-10-19-16)15-8-7-13(2)14(3)11-15/h13-18H,4-12H2,1-3H3. The van der Waals surface area contributed by atoms with Gasteiger partial charge in [0.1, 0.15) is 0 Å². The maximum atomic E-state index is 5.86. The number of rotatable bonds is 6. The van der Waals surface area contributed by atoms with Crippen LogP contribution in [-0.4, -0.2) is 25.3 Å². The van der Waals surface area contributed by atoms with Crippen LogP contribution < -0.4 is 5.32 Å². The molecule has 2 aliphatic rings. The van der Waals surface area contributed by atoms with E-state index in [2.05, 4.69) is 26.1 Å². The van der Waals surface area contributed by atoms with Crippen molar-refractivity contribution in [2.75, 3.05) is 13.2 Å². The van der Waals surface area contributed by atoms with Crippen LogP contribution in [0.15, 0.2) is 0 Å². The molecule has 1 aliphatic carbocycles. The van der Waals surface area contributed by atoms with E-state index < -0.39 is 0 Å². The van der Waals surface area contributed by atoms with E-state index in [4.69, 9.17) is 4.74 Å². The average Bonchev–Trinajstić information content (AvgIpc) is 2.91. The maximum absolute atomic E-state index is 5.86. The Kier molecular flexibility index (Phi) is 6.15. The Morgan fingerprint density at radius 2 is 2.00 bits per heavy atom. The molecule has 0 amide bonds. The van der Waals surface area contributed by atoms with Crippen LogP contribution in [-0.2, 0) is 4.74 Å². The first kappa shape index (κ1) is 15.3. The SMILES string of the molecule is CCCNC(CC1CCCO1)C1CCC(C)C(C)C1. The normalized spacial score (nSPS) is 37.4. The van der Waals surface area contributed by atoms with Crippen LogP contribution in [0.3, 0.4) is 0 Å². The van der Waals surface area contributed by atoms with Crippen molar-refractivity contribution >= 4 is 0 Å². The lowest BCUT2D eigenvalue weighted by atomic mass is 9.72. The van der Waals surface area contributed by atoms with E-state index in [-0.39, 0.29) is 0 Å². The lowest BCUT2D eigenvalue weighted by Gasteiger charge is -2.38. The summed E-state index contributed by atoms with van der Waals surface area (Å²) in [5, 5.41) is 3.82. The summed E-state index contributed by atoms with van der Waals surface area (Å²) in [4.78, 5) is 0. The van der Waals surface area contributed by atoms with Gasteiger partial charge in [-0.3, -0.25) is 0 Å². The summed E-state index contributed by atoms with van der Waals surface area (Å²) in [5.41, 5.74) is 0. The van der Waals surface area contributed by atoms with E-state index in [1.807, 2.05) is 0 Å². The Hall–Kier alpha value is -0.0800. The van der Waals surface area contributed by atoms with Crippen LogP contribution in [0.1, 0.15) is 65.7 Å². The predicted octanol–water partition coefficient (Wildman–Crippen LogP) is 4.00. The van der Waals surface area contributed by atoms with E-state index in [0.717, 1.165) is 30.9 Å². The van der Waals surface area contributed by atoms with Crippen LogP contribution in [0, 0.1) is 17.8 Å². The van der Waals surface area contributed by atoms with Crippen LogP contribution in [0.25, 0.3) is 0 Å². The number of ether oxygens (including phenoxy) is 1. The van der Waals surface area contributed by atoms with Gasteiger partial charge in [-0.1, -0.05) is 27.2 Å². The van der Waals surface area contributed by atoms with Gasteiger partial charge in [0.15, 0.2) is 0 Å². The zero-order valence-corrected chi connectivity index (χ0v) is 13.2. The maximum Gasteiger partial charge on any atom is 0.0590 e.